The third-order valence-electron chi connectivity index (χ3n) is 10.7. The van der Waals surface area contributed by atoms with Crippen LogP contribution in [-0.4, -0.2) is 62.4 Å². The van der Waals surface area contributed by atoms with Gasteiger partial charge in [-0.2, -0.15) is 0 Å². The minimum Gasteiger partial charge on any atom is -0.346 e. The van der Waals surface area contributed by atoms with Crippen molar-refractivity contribution in [2.24, 2.45) is 5.92 Å². The summed E-state index contributed by atoms with van der Waals surface area (Å²) in [6, 6.07) is 11.4. The molecular formula is C36H45N5O3S. The van der Waals surface area contributed by atoms with Gasteiger partial charge in [0.2, 0.25) is 5.91 Å². The highest BCUT2D eigenvalue weighted by atomic mass is 32.1. The van der Waals surface area contributed by atoms with Gasteiger partial charge in [0.15, 0.2) is 0 Å². The molecule has 3 aromatic heterocycles. The van der Waals surface area contributed by atoms with Gasteiger partial charge in [0.1, 0.15) is 4.83 Å². The Morgan fingerprint density at radius 3 is 2.20 bits per heavy atom. The molecule has 0 atom stereocenters. The number of nitrogens with one attached hydrogen (secondary N) is 3. The van der Waals surface area contributed by atoms with Crippen molar-refractivity contribution in [3.63, 3.8) is 0 Å². The van der Waals surface area contributed by atoms with Crippen LogP contribution in [0.5, 0.6) is 0 Å². The van der Waals surface area contributed by atoms with Crippen LogP contribution in [0.4, 0.5) is 0 Å². The van der Waals surface area contributed by atoms with Gasteiger partial charge in [-0.1, -0.05) is 17.2 Å². The Morgan fingerprint density at radius 2 is 1.56 bits per heavy atom. The molecule has 4 aromatic rings. The van der Waals surface area contributed by atoms with Crippen LogP contribution >= 0.6 is 11.3 Å². The molecule has 3 aliphatic rings. The highest BCUT2D eigenvalue weighted by molar-refractivity contribution is 7.19. The van der Waals surface area contributed by atoms with Gasteiger partial charge in [-0.05, 0) is 127 Å². The van der Waals surface area contributed by atoms with Gasteiger partial charge in [-0.3, -0.25) is 14.6 Å². The number of carbonyl (C=O) groups excluding carboxylic acids is 1. The number of carbonyl (C=O) groups is 1. The molecule has 7 rings (SSSR count). The highest BCUT2D eigenvalue weighted by Gasteiger charge is 2.47. The molecule has 1 amide bonds. The number of rotatable bonds is 8. The topological polar surface area (TPSA) is 105 Å². The van der Waals surface area contributed by atoms with Gasteiger partial charge in [0, 0.05) is 40.7 Å². The predicted octanol–water partition coefficient (Wildman–Crippen LogP) is 5.82. The lowest BCUT2D eigenvalue weighted by Crippen LogP contribution is -2.45. The molecule has 2 bridgehead atoms. The predicted molar refractivity (Wildman–Crippen MR) is 181 cm³/mol. The molecule has 0 aliphatic carbocycles. The van der Waals surface area contributed by atoms with E-state index < -0.39 is 11.1 Å². The van der Waals surface area contributed by atoms with Crippen molar-refractivity contribution in [3.8, 4) is 11.3 Å². The summed E-state index contributed by atoms with van der Waals surface area (Å²) in [5, 5.41) is 1.25. The van der Waals surface area contributed by atoms with E-state index in [0.717, 1.165) is 86.4 Å². The van der Waals surface area contributed by atoms with Crippen molar-refractivity contribution >= 4 is 27.5 Å². The van der Waals surface area contributed by atoms with E-state index in [1.165, 1.54) is 39.4 Å². The number of hydrogen-bond donors (Lipinski definition) is 3. The standard InChI is InChI=1S/C36H45N5O3S/c1-21-15-22(2)17-24(16-21)32-28(11-14-40-12-9-23(10-13-40)18-25-19-31(42)38-35(44)37-25)29-20-30(45-33(29)39-32)36(3,4)34(43)41-26-5-6-27(41)8-7-26/h15-17,19-20,23,26-27,39H,5-14,18H2,1-4H3,(H2,37,38,42,44). The van der Waals surface area contributed by atoms with E-state index >= 15 is 0 Å². The first kappa shape index (κ1) is 30.2. The molecule has 8 nitrogen and oxygen atoms in total. The number of aromatic amines is 3. The molecule has 9 heteroatoms. The summed E-state index contributed by atoms with van der Waals surface area (Å²) in [7, 11) is 0. The van der Waals surface area contributed by atoms with Crippen molar-refractivity contribution in [2.75, 3.05) is 19.6 Å². The number of amides is 1. The number of nitrogens with zero attached hydrogens (tertiary/aromatic N) is 2. The molecule has 0 saturated carbocycles. The smallest absolute Gasteiger partial charge is 0.325 e. The number of likely N-dealkylation sites (tertiary alicyclic amines) is 1. The lowest BCUT2D eigenvalue weighted by molar-refractivity contribution is -0.137. The zero-order chi connectivity index (χ0) is 31.5. The van der Waals surface area contributed by atoms with Crippen molar-refractivity contribution < 1.29 is 4.79 Å². The molecule has 238 valence electrons. The highest BCUT2D eigenvalue weighted by Crippen LogP contribution is 2.44. The number of benzene rings is 1. The van der Waals surface area contributed by atoms with Gasteiger partial charge >= 0.3 is 5.69 Å². The van der Waals surface area contributed by atoms with Crippen LogP contribution in [0.2, 0.25) is 0 Å². The molecule has 0 radical (unpaired) electrons. The average molecular weight is 628 g/mol. The molecule has 3 fully saturated rings. The quantitative estimate of drug-likeness (QED) is 0.229. The molecule has 3 saturated heterocycles. The number of hydrogen-bond acceptors (Lipinski definition) is 5. The van der Waals surface area contributed by atoms with Gasteiger partial charge in [0.05, 0.1) is 11.1 Å². The molecule has 45 heavy (non-hydrogen) atoms. The molecule has 1 aromatic carbocycles. The third kappa shape index (κ3) is 5.85. The lowest BCUT2D eigenvalue weighted by atomic mass is 9.88. The minimum atomic E-state index is -0.553. The largest absolute Gasteiger partial charge is 0.346 e. The Labute approximate surface area is 268 Å². The van der Waals surface area contributed by atoms with E-state index in [1.54, 1.807) is 11.3 Å². The Balaban J connectivity index is 1.12. The zero-order valence-corrected chi connectivity index (χ0v) is 27.7. The SMILES string of the molecule is Cc1cc(C)cc(-c2[nH]c3sc(C(C)(C)C(=O)N4C5CCC4CC5)cc3c2CCN2CCC(Cc3cc(=O)[nH]c(=O)[nH]3)CC2)c1. The average Bonchev–Trinajstić information content (AvgIpc) is 3.76. The molecule has 3 N–H and O–H groups in total. The first-order valence-electron chi connectivity index (χ1n) is 16.7. The minimum absolute atomic E-state index is 0.291. The number of H-pyrrole nitrogens is 3. The monoisotopic (exact) mass is 627 g/mol. The third-order valence-corrected chi connectivity index (χ3v) is 12.0. The summed E-state index contributed by atoms with van der Waals surface area (Å²) < 4.78 is 0. The van der Waals surface area contributed by atoms with E-state index in [9.17, 15) is 14.4 Å². The van der Waals surface area contributed by atoms with Crippen LogP contribution in [0.3, 0.4) is 0 Å². The maximum Gasteiger partial charge on any atom is 0.325 e. The Hall–Kier alpha value is -3.43. The van der Waals surface area contributed by atoms with Crippen LogP contribution < -0.4 is 11.2 Å². The van der Waals surface area contributed by atoms with Crippen molar-refractivity contribution in [1.29, 1.82) is 0 Å². The van der Waals surface area contributed by atoms with E-state index in [0.29, 0.717) is 23.9 Å². The molecular weight excluding hydrogens is 582 g/mol. The van der Waals surface area contributed by atoms with Crippen LogP contribution in [0.25, 0.3) is 21.5 Å². The fourth-order valence-electron chi connectivity index (χ4n) is 8.26. The summed E-state index contributed by atoms with van der Waals surface area (Å²) in [6.07, 6.45) is 8.36. The van der Waals surface area contributed by atoms with E-state index in [-0.39, 0.29) is 5.56 Å². The Morgan fingerprint density at radius 1 is 0.889 bits per heavy atom. The van der Waals surface area contributed by atoms with Gasteiger partial charge in [-0.25, -0.2) is 4.79 Å². The van der Waals surface area contributed by atoms with E-state index in [1.807, 2.05) is 0 Å². The Kier molecular flexibility index (Phi) is 7.89. The Bertz CT molecular complexity index is 1790. The summed E-state index contributed by atoms with van der Waals surface area (Å²) >= 11 is 1.75. The van der Waals surface area contributed by atoms with Crippen LogP contribution in [0.15, 0.2) is 39.9 Å². The first-order valence-corrected chi connectivity index (χ1v) is 17.5. The van der Waals surface area contributed by atoms with Gasteiger partial charge in [-0.15, -0.1) is 11.3 Å². The maximum absolute atomic E-state index is 14.0. The zero-order valence-electron chi connectivity index (χ0n) is 26.9. The van der Waals surface area contributed by atoms with Crippen LogP contribution in [0.1, 0.15) is 79.6 Å². The molecule has 0 unspecified atom stereocenters. The number of fused-ring (bicyclic) bond motifs is 3. The number of aromatic nitrogens is 3. The first-order chi connectivity index (χ1) is 21.5. The second-order valence-corrected chi connectivity index (χ2v) is 15.4. The number of aryl methyl sites for hydroxylation is 2. The van der Waals surface area contributed by atoms with E-state index in [4.69, 9.17) is 0 Å². The summed E-state index contributed by atoms with van der Waals surface area (Å²) in [5.41, 5.74) is 5.67. The van der Waals surface area contributed by atoms with Crippen LogP contribution in [0, 0.1) is 19.8 Å². The van der Waals surface area contributed by atoms with E-state index in [2.05, 4.69) is 76.7 Å². The summed E-state index contributed by atoms with van der Waals surface area (Å²) in [6.45, 7) is 11.5. The summed E-state index contributed by atoms with van der Waals surface area (Å²) in [4.78, 5) is 53.3. The normalized spacial score (nSPS) is 20.9. The lowest BCUT2D eigenvalue weighted by Gasteiger charge is -2.32. The van der Waals surface area contributed by atoms with Gasteiger partial charge in [0.25, 0.3) is 5.56 Å². The maximum atomic E-state index is 14.0. The molecule has 6 heterocycles. The van der Waals surface area contributed by atoms with Crippen LogP contribution in [-0.2, 0) is 23.1 Å². The fourth-order valence-corrected chi connectivity index (χ4v) is 9.45. The number of thiophene rings is 1. The fraction of sp³-hybridized carbons (Fsp3) is 0.528. The second-order valence-electron chi connectivity index (χ2n) is 14.4. The van der Waals surface area contributed by atoms with Crippen molar-refractivity contribution in [3.05, 3.63) is 78.4 Å². The summed E-state index contributed by atoms with van der Waals surface area (Å²) in [5.74, 6) is 0.744. The van der Waals surface area contributed by atoms with Gasteiger partial charge < -0.3 is 19.8 Å². The number of piperidine rings is 1. The second kappa shape index (κ2) is 11.7. The molecule has 0 spiro atoms. The van der Waals surface area contributed by atoms with Crippen molar-refractivity contribution in [1.82, 2.24) is 24.8 Å². The van der Waals surface area contributed by atoms with Crippen molar-refractivity contribution in [2.45, 2.75) is 96.6 Å². The molecule has 3 aliphatic heterocycles.